The number of allylic oxidation sites excluding steroid dienone is 8. The van der Waals surface area contributed by atoms with Crippen LogP contribution in [0.5, 0.6) is 0 Å². The molecule has 104 valence electrons. The maximum absolute atomic E-state index is 3.26. The van der Waals surface area contributed by atoms with Crippen molar-refractivity contribution < 1.29 is 73.8 Å². The summed E-state index contributed by atoms with van der Waals surface area (Å²) in [6, 6.07) is 0. The minimum atomic E-state index is 0. The number of halogens is 2. The van der Waals surface area contributed by atoms with Crippen LogP contribution in [0.1, 0.15) is 40.5 Å². The molecular formula is C16H22HfI2. The summed E-state index contributed by atoms with van der Waals surface area (Å²) in [5.74, 6) is 1.32. The zero-order chi connectivity index (χ0) is 12.0. The van der Waals surface area contributed by atoms with Gasteiger partial charge in [-0.25, -0.2) is 23.3 Å². The Labute approximate surface area is 172 Å². The molecule has 19 heavy (non-hydrogen) atoms. The second-order valence-electron chi connectivity index (χ2n) is 4.79. The van der Waals surface area contributed by atoms with E-state index in [-0.39, 0.29) is 73.8 Å². The molecule has 2 aliphatic carbocycles. The first-order valence-corrected chi connectivity index (χ1v) is 6.15. The first-order valence-electron chi connectivity index (χ1n) is 6.15. The molecule has 0 bridgehead atoms. The van der Waals surface area contributed by atoms with Gasteiger partial charge in [-0.05, 0) is 0 Å². The third-order valence-corrected chi connectivity index (χ3v) is 2.69. The molecule has 0 atom stereocenters. The Kier molecular flexibility index (Phi) is 18.9. The van der Waals surface area contributed by atoms with E-state index in [1.165, 1.54) is 11.1 Å². The van der Waals surface area contributed by atoms with E-state index in [1.54, 1.807) is 0 Å². The molecule has 0 fully saturated rings. The smallest absolute Gasteiger partial charge is 1.00 e. The minimum absolute atomic E-state index is 0. The van der Waals surface area contributed by atoms with Crippen molar-refractivity contribution in [3.05, 3.63) is 47.6 Å². The van der Waals surface area contributed by atoms with Gasteiger partial charge in [0.2, 0.25) is 0 Å². The van der Waals surface area contributed by atoms with Crippen molar-refractivity contribution in [2.75, 3.05) is 0 Å². The van der Waals surface area contributed by atoms with Gasteiger partial charge >= 0.3 is 25.8 Å². The van der Waals surface area contributed by atoms with Crippen LogP contribution in [0.4, 0.5) is 0 Å². The zero-order valence-electron chi connectivity index (χ0n) is 12.1. The van der Waals surface area contributed by atoms with Crippen LogP contribution in [0.2, 0.25) is 0 Å². The predicted octanol–water partition coefficient (Wildman–Crippen LogP) is -1.33. The molecule has 2 rings (SSSR count). The van der Waals surface area contributed by atoms with Crippen LogP contribution in [0.25, 0.3) is 0 Å². The summed E-state index contributed by atoms with van der Waals surface area (Å²) >= 11 is 0. The third-order valence-electron chi connectivity index (χ3n) is 2.69. The predicted molar refractivity (Wildman–Crippen MR) is 70.7 cm³/mol. The quantitative estimate of drug-likeness (QED) is 0.199. The van der Waals surface area contributed by atoms with Crippen LogP contribution < -0.4 is 48.0 Å². The number of hydrogen-bond donors (Lipinski definition) is 0. The molecule has 0 spiro atoms. The molecule has 0 nitrogen and oxygen atoms in total. The fourth-order valence-electron chi connectivity index (χ4n) is 1.64. The molecule has 0 heterocycles. The molecule has 0 unspecified atom stereocenters. The van der Waals surface area contributed by atoms with Crippen molar-refractivity contribution in [3.63, 3.8) is 0 Å². The van der Waals surface area contributed by atoms with Crippen molar-refractivity contribution >= 4 is 0 Å². The molecule has 3 heteroatoms. The third kappa shape index (κ3) is 10.6. The van der Waals surface area contributed by atoms with E-state index in [0.717, 1.165) is 12.8 Å². The van der Waals surface area contributed by atoms with E-state index < -0.39 is 0 Å². The maximum atomic E-state index is 3.26. The summed E-state index contributed by atoms with van der Waals surface area (Å²) in [4.78, 5) is 0. The van der Waals surface area contributed by atoms with Crippen LogP contribution in [0.15, 0.2) is 35.5 Å². The molecule has 0 aliphatic heterocycles. The summed E-state index contributed by atoms with van der Waals surface area (Å²) in [5.41, 5.74) is 2.73. The Balaban J connectivity index is -0.000000233. The fourth-order valence-corrected chi connectivity index (χ4v) is 1.64. The fraction of sp³-hybridized carbons (Fsp3) is 0.500. The van der Waals surface area contributed by atoms with Gasteiger partial charge in [-0.2, -0.15) is 12.2 Å². The van der Waals surface area contributed by atoms with Crippen LogP contribution in [-0.4, -0.2) is 0 Å². The topological polar surface area (TPSA) is 0 Å². The number of hydrogen-bond acceptors (Lipinski definition) is 0. The van der Waals surface area contributed by atoms with E-state index in [1.807, 2.05) is 0 Å². The summed E-state index contributed by atoms with van der Waals surface area (Å²) in [6.45, 7) is 8.77. The van der Waals surface area contributed by atoms with E-state index in [9.17, 15) is 0 Å². The Hall–Kier alpha value is 1.29. The largest absolute Gasteiger partial charge is 4.00 e. The standard InChI is InChI=1S/2C8H11.Hf.2HI/c2*1-7(2)8-5-3-4-6-8;;;/h2*3,5,7H,4H2,1-2H3;;2*1H/q2*-1;+4;;/p-2. The van der Waals surface area contributed by atoms with Crippen LogP contribution in [0, 0.1) is 24.0 Å². The maximum Gasteiger partial charge on any atom is 4.00 e. The monoisotopic (exact) mass is 648 g/mol. The molecule has 0 aromatic rings. The Morgan fingerprint density at radius 2 is 1.11 bits per heavy atom. The van der Waals surface area contributed by atoms with Crippen LogP contribution >= 0.6 is 0 Å². The molecule has 0 aromatic carbocycles. The molecule has 2 aliphatic rings. The molecular weight excluding hydrogens is 624 g/mol. The summed E-state index contributed by atoms with van der Waals surface area (Å²) in [7, 11) is 0. The Morgan fingerprint density at radius 1 is 0.789 bits per heavy atom. The van der Waals surface area contributed by atoms with Crippen molar-refractivity contribution in [1.29, 1.82) is 0 Å². The summed E-state index contributed by atoms with van der Waals surface area (Å²) in [5, 5.41) is 0. The van der Waals surface area contributed by atoms with Gasteiger partial charge in [0, 0.05) is 0 Å². The van der Waals surface area contributed by atoms with Gasteiger partial charge in [-0.15, -0.1) is 12.8 Å². The van der Waals surface area contributed by atoms with Gasteiger partial charge < -0.3 is 48.0 Å². The average molecular weight is 647 g/mol. The van der Waals surface area contributed by atoms with E-state index in [4.69, 9.17) is 0 Å². The summed E-state index contributed by atoms with van der Waals surface area (Å²) < 4.78 is 0. The Morgan fingerprint density at radius 3 is 1.21 bits per heavy atom. The molecule has 0 N–H and O–H groups in total. The zero-order valence-corrected chi connectivity index (χ0v) is 20.0. The van der Waals surface area contributed by atoms with E-state index in [0.29, 0.717) is 11.8 Å². The van der Waals surface area contributed by atoms with Crippen molar-refractivity contribution in [3.8, 4) is 0 Å². The van der Waals surface area contributed by atoms with E-state index >= 15 is 0 Å². The van der Waals surface area contributed by atoms with Gasteiger partial charge in [0.15, 0.2) is 0 Å². The molecule has 0 amide bonds. The van der Waals surface area contributed by atoms with Gasteiger partial charge in [0.25, 0.3) is 0 Å². The second kappa shape index (κ2) is 14.2. The van der Waals surface area contributed by atoms with Crippen molar-refractivity contribution in [1.82, 2.24) is 0 Å². The normalized spacial score (nSPS) is 14.8. The molecule has 0 saturated carbocycles. The second-order valence-corrected chi connectivity index (χ2v) is 4.79. The van der Waals surface area contributed by atoms with Crippen molar-refractivity contribution in [2.24, 2.45) is 11.8 Å². The van der Waals surface area contributed by atoms with Crippen LogP contribution in [-0.2, 0) is 25.8 Å². The molecule has 0 saturated heterocycles. The Bertz CT molecular complexity index is 303. The van der Waals surface area contributed by atoms with E-state index in [2.05, 4.69) is 64.2 Å². The van der Waals surface area contributed by atoms with Gasteiger partial charge in [-0.3, -0.25) is 12.2 Å². The van der Waals surface area contributed by atoms with Gasteiger partial charge in [0.05, 0.1) is 0 Å². The molecule has 0 radical (unpaired) electrons. The van der Waals surface area contributed by atoms with Gasteiger partial charge in [0.1, 0.15) is 0 Å². The van der Waals surface area contributed by atoms with Crippen LogP contribution in [0.3, 0.4) is 0 Å². The number of rotatable bonds is 2. The first kappa shape index (κ1) is 25.3. The average Bonchev–Trinajstić information content (AvgIpc) is 2.93. The first-order chi connectivity index (χ1) is 7.61. The molecule has 0 aromatic heterocycles. The minimum Gasteiger partial charge on any atom is -1.00 e. The van der Waals surface area contributed by atoms with Crippen molar-refractivity contribution in [2.45, 2.75) is 40.5 Å². The van der Waals surface area contributed by atoms with Gasteiger partial charge in [-0.1, -0.05) is 39.5 Å². The summed E-state index contributed by atoms with van der Waals surface area (Å²) in [6.07, 6.45) is 17.2. The SMILES string of the molecule is CC(C)C1=[C-]CC=C1.CC(C)C1=[C-]CC=C1.[Hf+4].[I-].[I-].